The number of carboxylic acids is 1. The van der Waals surface area contributed by atoms with Crippen LogP contribution in [0.4, 0.5) is 0 Å². The highest BCUT2D eigenvalue weighted by Crippen LogP contribution is 2.28. The van der Waals surface area contributed by atoms with E-state index in [0.29, 0.717) is 17.9 Å². The molecule has 0 amide bonds. The highest BCUT2D eigenvalue weighted by molar-refractivity contribution is 5.70. The molecule has 0 fully saturated rings. The van der Waals surface area contributed by atoms with Crippen molar-refractivity contribution in [2.24, 2.45) is 0 Å². The van der Waals surface area contributed by atoms with Crippen molar-refractivity contribution in [3.8, 4) is 11.5 Å². The molecule has 0 atom stereocenters. The van der Waals surface area contributed by atoms with Gasteiger partial charge in [-0.05, 0) is 37.0 Å². The Bertz CT molecular complexity index is 453. The van der Waals surface area contributed by atoms with Crippen LogP contribution < -0.4 is 9.47 Å². The van der Waals surface area contributed by atoms with Crippen LogP contribution in [-0.4, -0.2) is 24.2 Å². The van der Waals surface area contributed by atoms with Gasteiger partial charge in [-0.25, -0.2) is 0 Å². The highest BCUT2D eigenvalue weighted by atomic mass is 16.6. The molecular weight excluding hydrogens is 248 g/mol. The number of benzene rings is 1. The SMILES string of the molecule is COc1cc(CCCCC(=O)O)ccc1OC(C)=O. The first-order chi connectivity index (χ1) is 9.02. The van der Waals surface area contributed by atoms with Crippen molar-refractivity contribution in [2.45, 2.75) is 32.6 Å². The summed E-state index contributed by atoms with van der Waals surface area (Å²) in [5, 5.41) is 8.54. The van der Waals surface area contributed by atoms with Gasteiger partial charge in [-0.15, -0.1) is 0 Å². The van der Waals surface area contributed by atoms with Gasteiger partial charge in [-0.2, -0.15) is 0 Å². The number of carbonyl (C=O) groups is 2. The van der Waals surface area contributed by atoms with Crippen molar-refractivity contribution in [1.82, 2.24) is 0 Å². The lowest BCUT2D eigenvalue weighted by Crippen LogP contribution is -2.03. The summed E-state index contributed by atoms with van der Waals surface area (Å²) >= 11 is 0. The third-order valence-electron chi connectivity index (χ3n) is 2.59. The van der Waals surface area contributed by atoms with Crippen molar-refractivity contribution in [2.75, 3.05) is 7.11 Å². The second kappa shape index (κ2) is 7.41. The van der Waals surface area contributed by atoms with Gasteiger partial charge in [-0.3, -0.25) is 9.59 Å². The van der Waals surface area contributed by atoms with Crippen molar-refractivity contribution in [1.29, 1.82) is 0 Å². The average molecular weight is 266 g/mol. The van der Waals surface area contributed by atoms with Gasteiger partial charge < -0.3 is 14.6 Å². The summed E-state index contributed by atoms with van der Waals surface area (Å²) in [6, 6.07) is 5.34. The Morgan fingerprint density at radius 2 is 1.95 bits per heavy atom. The normalized spacial score (nSPS) is 10.0. The summed E-state index contributed by atoms with van der Waals surface area (Å²) < 4.78 is 10.2. The molecule has 0 radical (unpaired) electrons. The van der Waals surface area contributed by atoms with Crippen LogP contribution in [0.3, 0.4) is 0 Å². The van der Waals surface area contributed by atoms with E-state index < -0.39 is 11.9 Å². The van der Waals surface area contributed by atoms with Gasteiger partial charge in [0.2, 0.25) is 0 Å². The van der Waals surface area contributed by atoms with E-state index >= 15 is 0 Å². The molecule has 0 aliphatic rings. The number of unbranched alkanes of at least 4 members (excludes halogenated alkanes) is 1. The Morgan fingerprint density at radius 3 is 2.53 bits per heavy atom. The van der Waals surface area contributed by atoms with Gasteiger partial charge in [0.05, 0.1) is 7.11 Å². The number of carboxylic acid groups (broad SMARTS) is 1. The lowest BCUT2D eigenvalue weighted by atomic mass is 10.1. The molecule has 1 rings (SSSR count). The molecule has 1 aromatic rings. The van der Waals surface area contributed by atoms with Crippen LogP contribution in [0.1, 0.15) is 31.7 Å². The Morgan fingerprint density at radius 1 is 1.21 bits per heavy atom. The Balaban J connectivity index is 2.61. The standard InChI is InChI=1S/C14H18O5/c1-10(15)19-12-8-7-11(9-13(12)18-2)5-3-4-6-14(16)17/h7-9H,3-6H2,1-2H3,(H,16,17). The van der Waals surface area contributed by atoms with Crippen molar-refractivity contribution >= 4 is 11.9 Å². The second-order valence-electron chi connectivity index (χ2n) is 4.18. The summed E-state index contributed by atoms with van der Waals surface area (Å²) in [6.07, 6.45) is 2.39. The number of methoxy groups -OCH3 is 1. The molecule has 0 aliphatic carbocycles. The van der Waals surface area contributed by atoms with Crippen molar-refractivity contribution in [3.05, 3.63) is 23.8 Å². The predicted molar refractivity (Wildman–Crippen MR) is 69.5 cm³/mol. The van der Waals surface area contributed by atoms with Crippen LogP contribution in [0, 0.1) is 0 Å². The Labute approximate surface area is 112 Å². The minimum absolute atomic E-state index is 0.183. The third-order valence-corrected chi connectivity index (χ3v) is 2.59. The molecule has 5 nitrogen and oxygen atoms in total. The van der Waals surface area contributed by atoms with Crippen molar-refractivity contribution in [3.63, 3.8) is 0 Å². The molecule has 5 heteroatoms. The zero-order valence-corrected chi connectivity index (χ0v) is 11.1. The summed E-state index contributed by atoms with van der Waals surface area (Å²) in [6.45, 7) is 1.33. The topological polar surface area (TPSA) is 72.8 Å². The molecule has 0 saturated heterocycles. The molecular formula is C14H18O5. The Kier molecular flexibility index (Phi) is 5.85. The lowest BCUT2D eigenvalue weighted by Gasteiger charge is -2.09. The predicted octanol–water partition coefficient (Wildman–Crippen LogP) is 2.42. The first kappa shape index (κ1) is 15.0. The van der Waals surface area contributed by atoms with Gasteiger partial charge in [0.15, 0.2) is 11.5 Å². The first-order valence-corrected chi connectivity index (χ1v) is 6.10. The van der Waals surface area contributed by atoms with E-state index in [1.807, 2.05) is 6.07 Å². The molecule has 0 heterocycles. The van der Waals surface area contributed by atoms with Crippen molar-refractivity contribution < 1.29 is 24.2 Å². The van der Waals surface area contributed by atoms with Gasteiger partial charge in [-0.1, -0.05) is 6.07 Å². The molecule has 0 aliphatic heterocycles. The monoisotopic (exact) mass is 266 g/mol. The number of aliphatic carboxylic acids is 1. The minimum atomic E-state index is -0.775. The van der Waals surface area contributed by atoms with E-state index in [1.54, 1.807) is 12.1 Å². The molecule has 1 aromatic carbocycles. The lowest BCUT2D eigenvalue weighted by molar-refractivity contribution is -0.137. The number of esters is 1. The minimum Gasteiger partial charge on any atom is -0.493 e. The molecule has 19 heavy (non-hydrogen) atoms. The smallest absolute Gasteiger partial charge is 0.308 e. The number of rotatable bonds is 7. The Hall–Kier alpha value is -2.04. The van der Waals surface area contributed by atoms with Gasteiger partial charge in [0, 0.05) is 13.3 Å². The van der Waals surface area contributed by atoms with E-state index in [0.717, 1.165) is 18.4 Å². The van der Waals surface area contributed by atoms with Gasteiger partial charge >= 0.3 is 11.9 Å². The van der Waals surface area contributed by atoms with E-state index in [4.69, 9.17) is 14.6 Å². The molecule has 0 spiro atoms. The molecule has 0 aromatic heterocycles. The summed E-state index contributed by atoms with van der Waals surface area (Å²) in [7, 11) is 1.51. The van der Waals surface area contributed by atoms with Gasteiger partial charge in [0.25, 0.3) is 0 Å². The summed E-state index contributed by atoms with van der Waals surface area (Å²) in [5.74, 6) is -0.273. The molecule has 1 N–H and O–H groups in total. The van der Waals surface area contributed by atoms with Crippen LogP contribution in [0.25, 0.3) is 0 Å². The first-order valence-electron chi connectivity index (χ1n) is 6.10. The number of carbonyl (C=O) groups excluding carboxylic acids is 1. The molecule has 0 unspecified atom stereocenters. The van der Waals surface area contributed by atoms with Crippen LogP contribution in [0.5, 0.6) is 11.5 Å². The number of hydrogen-bond donors (Lipinski definition) is 1. The van der Waals surface area contributed by atoms with E-state index in [1.165, 1.54) is 14.0 Å². The fourth-order valence-electron chi connectivity index (χ4n) is 1.71. The number of ether oxygens (including phenoxy) is 2. The maximum Gasteiger partial charge on any atom is 0.308 e. The van der Waals surface area contributed by atoms with Gasteiger partial charge in [0.1, 0.15) is 0 Å². The van der Waals surface area contributed by atoms with E-state index in [9.17, 15) is 9.59 Å². The van der Waals surface area contributed by atoms with E-state index in [-0.39, 0.29) is 6.42 Å². The highest BCUT2D eigenvalue weighted by Gasteiger charge is 2.08. The van der Waals surface area contributed by atoms with Crippen LogP contribution in [0.2, 0.25) is 0 Å². The number of aryl methyl sites for hydroxylation is 1. The molecule has 104 valence electrons. The maximum atomic E-state index is 10.9. The zero-order chi connectivity index (χ0) is 14.3. The van der Waals surface area contributed by atoms with Crippen LogP contribution in [-0.2, 0) is 16.0 Å². The summed E-state index contributed by atoms with van der Waals surface area (Å²) in [5.41, 5.74) is 1.03. The molecule has 0 bridgehead atoms. The van der Waals surface area contributed by atoms with E-state index in [2.05, 4.69) is 0 Å². The zero-order valence-electron chi connectivity index (χ0n) is 11.1. The van der Waals surface area contributed by atoms with Crippen LogP contribution in [0.15, 0.2) is 18.2 Å². The quantitative estimate of drug-likeness (QED) is 0.466. The average Bonchev–Trinajstić information content (AvgIpc) is 2.35. The molecule has 0 saturated carbocycles. The maximum absolute atomic E-state index is 10.9. The van der Waals surface area contributed by atoms with Crippen LogP contribution >= 0.6 is 0 Å². The fraction of sp³-hybridized carbons (Fsp3) is 0.429. The largest absolute Gasteiger partial charge is 0.493 e. The fourth-order valence-corrected chi connectivity index (χ4v) is 1.71. The summed E-state index contributed by atoms with van der Waals surface area (Å²) in [4.78, 5) is 21.3. The number of hydrogen-bond acceptors (Lipinski definition) is 4. The second-order valence-corrected chi connectivity index (χ2v) is 4.18. The third kappa shape index (κ3) is 5.42.